The van der Waals surface area contributed by atoms with Gasteiger partial charge in [-0.3, -0.25) is 9.69 Å². The summed E-state index contributed by atoms with van der Waals surface area (Å²) in [6.07, 6.45) is 1.82. The zero-order valence-corrected chi connectivity index (χ0v) is 16.4. The summed E-state index contributed by atoms with van der Waals surface area (Å²) in [5.41, 5.74) is 2.18. The second-order valence-electron chi connectivity index (χ2n) is 7.27. The van der Waals surface area contributed by atoms with Crippen molar-refractivity contribution in [2.24, 2.45) is 0 Å². The third-order valence-electron chi connectivity index (χ3n) is 5.28. The zero-order chi connectivity index (χ0) is 19.9. The van der Waals surface area contributed by atoms with E-state index in [0.717, 1.165) is 43.1 Å². The summed E-state index contributed by atoms with van der Waals surface area (Å²) in [5, 5.41) is 3.23. The number of nitrogens with one attached hydrogen (secondary N) is 1. The van der Waals surface area contributed by atoms with Gasteiger partial charge in [-0.15, -0.1) is 0 Å². The standard InChI is InChI=1S/C24H26N4O/c29-23(19-27-15-17-28(18-16-27)22-13-7-8-14-25-22)26-24(20-9-3-1-4-10-20)21-11-5-2-6-12-21/h1-14,24H,15-19H2,(H,26,29). The van der Waals surface area contributed by atoms with Crippen molar-refractivity contribution >= 4 is 11.7 Å². The van der Waals surface area contributed by atoms with Gasteiger partial charge in [-0.05, 0) is 23.3 Å². The minimum Gasteiger partial charge on any atom is -0.354 e. The Labute approximate surface area is 172 Å². The third-order valence-corrected chi connectivity index (χ3v) is 5.28. The van der Waals surface area contributed by atoms with Gasteiger partial charge >= 0.3 is 0 Å². The summed E-state index contributed by atoms with van der Waals surface area (Å²) in [4.78, 5) is 21.7. The number of pyridine rings is 1. The fourth-order valence-electron chi connectivity index (χ4n) is 3.74. The van der Waals surface area contributed by atoms with Gasteiger partial charge in [0.2, 0.25) is 5.91 Å². The summed E-state index contributed by atoms with van der Waals surface area (Å²) in [6, 6.07) is 26.1. The maximum Gasteiger partial charge on any atom is 0.234 e. The molecule has 2 heterocycles. The molecule has 1 aromatic heterocycles. The summed E-state index contributed by atoms with van der Waals surface area (Å²) < 4.78 is 0. The Kier molecular flexibility index (Phi) is 6.17. The van der Waals surface area contributed by atoms with Gasteiger partial charge in [0.15, 0.2) is 0 Å². The van der Waals surface area contributed by atoms with E-state index < -0.39 is 0 Å². The molecule has 4 rings (SSSR count). The molecular formula is C24H26N4O. The van der Waals surface area contributed by atoms with E-state index in [0.29, 0.717) is 6.54 Å². The monoisotopic (exact) mass is 386 g/mol. The lowest BCUT2D eigenvalue weighted by Crippen LogP contribution is -2.50. The normalized spacial score (nSPS) is 14.7. The number of benzene rings is 2. The van der Waals surface area contributed by atoms with E-state index in [9.17, 15) is 4.79 Å². The van der Waals surface area contributed by atoms with Gasteiger partial charge in [0.25, 0.3) is 0 Å². The Morgan fingerprint density at radius 1 is 0.828 bits per heavy atom. The van der Waals surface area contributed by atoms with Crippen LogP contribution in [0.4, 0.5) is 5.82 Å². The Morgan fingerprint density at radius 2 is 1.41 bits per heavy atom. The van der Waals surface area contributed by atoms with E-state index in [4.69, 9.17) is 0 Å². The topological polar surface area (TPSA) is 48.5 Å². The maximum absolute atomic E-state index is 12.8. The number of aromatic nitrogens is 1. The van der Waals surface area contributed by atoms with Crippen molar-refractivity contribution in [3.8, 4) is 0 Å². The Hall–Kier alpha value is -3.18. The lowest BCUT2D eigenvalue weighted by atomic mass is 9.99. The molecule has 1 aliphatic heterocycles. The zero-order valence-electron chi connectivity index (χ0n) is 16.4. The van der Waals surface area contributed by atoms with Crippen LogP contribution in [0.25, 0.3) is 0 Å². The van der Waals surface area contributed by atoms with Crippen LogP contribution >= 0.6 is 0 Å². The minimum atomic E-state index is -0.139. The van der Waals surface area contributed by atoms with Crippen molar-refractivity contribution in [3.63, 3.8) is 0 Å². The van der Waals surface area contributed by atoms with Gasteiger partial charge in [0.1, 0.15) is 5.82 Å². The first-order valence-electron chi connectivity index (χ1n) is 10.1. The number of hydrogen-bond acceptors (Lipinski definition) is 4. The fourth-order valence-corrected chi connectivity index (χ4v) is 3.74. The number of hydrogen-bond donors (Lipinski definition) is 1. The predicted molar refractivity (Wildman–Crippen MR) is 116 cm³/mol. The van der Waals surface area contributed by atoms with Crippen molar-refractivity contribution in [2.75, 3.05) is 37.6 Å². The first kappa shape index (κ1) is 19.2. The van der Waals surface area contributed by atoms with Crippen LogP contribution in [-0.4, -0.2) is 48.5 Å². The number of carbonyl (C=O) groups excluding carboxylic acids is 1. The van der Waals surface area contributed by atoms with Gasteiger partial charge < -0.3 is 10.2 Å². The summed E-state index contributed by atoms with van der Waals surface area (Å²) in [7, 11) is 0. The molecule has 2 aromatic carbocycles. The van der Waals surface area contributed by atoms with E-state index in [1.165, 1.54) is 0 Å². The number of nitrogens with zero attached hydrogens (tertiary/aromatic N) is 3. The highest BCUT2D eigenvalue weighted by molar-refractivity contribution is 5.79. The molecule has 0 radical (unpaired) electrons. The molecule has 0 bridgehead atoms. The molecule has 3 aromatic rings. The molecule has 0 unspecified atom stereocenters. The molecule has 0 saturated carbocycles. The van der Waals surface area contributed by atoms with E-state index in [-0.39, 0.29) is 11.9 Å². The van der Waals surface area contributed by atoms with Gasteiger partial charge in [-0.25, -0.2) is 4.98 Å². The molecule has 1 N–H and O–H groups in total. The third kappa shape index (κ3) is 5.00. The Balaban J connectivity index is 1.37. The van der Waals surface area contributed by atoms with Crippen LogP contribution in [0.1, 0.15) is 17.2 Å². The SMILES string of the molecule is O=C(CN1CCN(c2ccccn2)CC1)NC(c1ccccc1)c1ccccc1. The number of piperazine rings is 1. The van der Waals surface area contributed by atoms with Crippen LogP contribution in [-0.2, 0) is 4.79 Å². The van der Waals surface area contributed by atoms with E-state index >= 15 is 0 Å². The highest BCUT2D eigenvalue weighted by Gasteiger charge is 2.22. The predicted octanol–water partition coefficient (Wildman–Crippen LogP) is 3.11. The second-order valence-corrected chi connectivity index (χ2v) is 7.27. The molecule has 1 saturated heterocycles. The second kappa shape index (κ2) is 9.34. The average Bonchev–Trinajstić information content (AvgIpc) is 2.80. The average molecular weight is 386 g/mol. The first-order chi connectivity index (χ1) is 14.3. The molecule has 1 aliphatic rings. The van der Waals surface area contributed by atoms with Gasteiger partial charge in [-0.1, -0.05) is 66.7 Å². The van der Waals surface area contributed by atoms with Crippen LogP contribution < -0.4 is 10.2 Å². The summed E-state index contributed by atoms with van der Waals surface area (Å²) >= 11 is 0. The van der Waals surface area contributed by atoms with Gasteiger partial charge in [0, 0.05) is 32.4 Å². The quantitative estimate of drug-likeness (QED) is 0.707. The first-order valence-corrected chi connectivity index (χ1v) is 10.1. The number of rotatable bonds is 6. The Bertz CT molecular complexity index is 854. The van der Waals surface area contributed by atoms with Crippen molar-refractivity contribution in [1.82, 2.24) is 15.2 Å². The van der Waals surface area contributed by atoms with E-state index in [1.54, 1.807) is 0 Å². The van der Waals surface area contributed by atoms with Gasteiger partial charge in [0.05, 0.1) is 12.6 Å². The van der Waals surface area contributed by atoms with Crippen molar-refractivity contribution in [3.05, 3.63) is 96.2 Å². The lowest BCUT2D eigenvalue weighted by Gasteiger charge is -2.35. The number of anilines is 1. The molecule has 1 amide bonds. The lowest BCUT2D eigenvalue weighted by molar-refractivity contribution is -0.122. The molecule has 0 spiro atoms. The fraction of sp³-hybridized carbons (Fsp3) is 0.250. The molecule has 1 fully saturated rings. The molecule has 0 atom stereocenters. The summed E-state index contributed by atoms with van der Waals surface area (Å²) in [5.74, 6) is 1.05. The molecule has 148 valence electrons. The number of amides is 1. The summed E-state index contributed by atoms with van der Waals surface area (Å²) in [6.45, 7) is 3.87. The van der Waals surface area contributed by atoms with Crippen LogP contribution in [0.15, 0.2) is 85.1 Å². The molecular weight excluding hydrogens is 360 g/mol. The highest BCUT2D eigenvalue weighted by atomic mass is 16.2. The van der Waals surface area contributed by atoms with Crippen molar-refractivity contribution in [2.45, 2.75) is 6.04 Å². The van der Waals surface area contributed by atoms with E-state index in [2.05, 4.69) is 44.4 Å². The molecule has 5 nitrogen and oxygen atoms in total. The molecule has 29 heavy (non-hydrogen) atoms. The van der Waals surface area contributed by atoms with E-state index in [1.807, 2.05) is 60.8 Å². The van der Waals surface area contributed by atoms with Crippen LogP contribution in [0.5, 0.6) is 0 Å². The van der Waals surface area contributed by atoms with Crippen molar-refractivity contribution in [1.29, 1.82) is 0 Å². The van der Waals surface area contributed by atoms with Gasteiger partial charge in [-0.2, -0.15) is 0 Å². The largest absolute Gasteiger partial charge is 0.354 e. The number of carbonyl (C=O) groups is 1. The molecule has 5 heteroatoms. The van der Waals surface area contributed by atoms with Crippen molar-refractivity contribution < 1.29 is 4.79 Å². The maximum atomic E-state index is 12.8. The Morgan fingerprint density at radius 3 is 1.97 bits per heavy atom. The minimum absolute atomic E-state index is 0.0500. The van der Waals surface area contributed by atoms with Crippen LogP contribution in [0, 0.1) is 0 Å². The van der Waals surface area contributed by atoms with Crippen LogP contribution in [0.2, 0.25) is 0 Å². The molecule has 0 aliphatic carbocycles. The van der Waals surface area contributed by atoms with Crippen LogP contribution in [0.3, 0.4) is 0 Å². The highest BCUT2D eigenvalue weighted by Crippen LogP contribution is 2.21. The smallest absolute Gasteiger partial charge is 0.234 e.